The van der Waals surface area contributed by atoms with Gasteiger partial charge in [0.15, 0.2) is 0 Å². The predicted octanol–water partition coefficient (Wildman–Crippen LogP) is 5.88. The van der Waals surface area contributed by atoms with E-state index in [-0.39, 0.29) is 10.6 Å². The van der Waals surface area contributed by atoms with E-state index < -0.39 is 51.1 Å². The Balaban J connectivity index is 1.99. The van der Waals surface area contributed by atoms with Crippen molar-refractivity contribution < 1.29 is 30.8 Å². The summed E-state index contributed by atoms with van der Waals surface area (Å²) in [6.07, 6.45) is -4.84. The number of amides is 1. The number of rotatable bonds is 7. The van der Waals surface area contributed by atoms with E-state index in [2.05, 4.69) is 5.32 Å². The quantitative estimate of drug-likeness (QED) is 0.389. The van der Waals surface area contributed by atoms with E-state index in [9.17, 15) is 30.8 Å². The van der Waals surface area contributed by atoms with Crippen LogP contribution in [0.2, 0.25) is 5.02 Å². The number of halogens is 5. The van der Waals surface area contributed by atoms with Crippen molar-refractivity contribution in [2.24, 2.45) is 0 Å². The van der Waals surface area contributed by atoms with Gasteiger partial charge in [-0.2, -0.15) is 13.2 Å². The normalized spacial score (nSPS) is 12.8. The van der Waals surface area contributed by atoms with E-state index in [1.54, 1.807) is 13.8 Å². The Kier molecular flexibility index (Phi) is 7.76. The van der Waals surface area contributed by atoms with E-state index >= 15 is 0 Å². The molecule has 1 amide bonds. The van der Waals surface area contributed by atoms with Gasteiger partial charge in [-0.15, -0.1) is 0 Å². The molecule has 0 aliphatic heterocycles. The third kappa shape index (κ3) is 6.32. The van der Waals surface area contributed by atoms with E-state index in [1.165, 1.54) is 48.5 Å². The van der Waals surface area contributed by atoms with Gasteiger partial charge in [-0.05, 0) is 61.9 Å². The minimum absolute atomic E-state index is 0.203. The molecule has 0 fully saturated rings. The number of carbonyl (C=O) groups excluding carboxylic acids is 1. The van der Waals surface area contributed by atoms with Crippen molar-refractivity contribution in [3.05, 3.63) is 94.3 Å². The standard InChI is InChI=1S/C24H21ClF4N2O3S/c1-15-3-10-20(11-4-15)35(33,34)31(19-9-12-22(25)21(13-19)24(27,28)29)14-23(32)30-16(2)17-5-7-18(26)8-6-17/h3-13,16H,14H2,1-2H3,(H,30,32)/t16-/m1/s1. The minimum Gasteiger partial charge on any atom is -0.348 e. The zero-order valence-corrected chi connectivity index (χ0v) is 20.2. The number of hydrogen-bond donors (Lipinski definition) is 1. The van der Waals surface area contributed by atoms with E-state index in [4.69, 9.17) is 11.6 Å². The lowest BCUT2D eigenvalue weighted by Crippen LogP contribution is -2.41. The molecule has 0 heterocycles. The molecule has 0 bridgehead atoms. The van der Waals surface area contributed by atoms with Crippen LogP contribution in [0.4, 0.5) is 23.2 Å². The molecular formula is C24H21ClF4N2O3S. The lowest BCUT2D eigenvalue weighted by atomic mass is 10.1. The SMILES string of the molecule is Cc1ccc(S(=O)(=O)N(CC(=O)N[C@H](C)c2ccc(F)cc2)c2ccc(Cl)c(C(F)(F)F)c2)cc1. The summed E-state index contributed by atoms with van der Waals surface area (Å²) < 4.78 is 80.9. The lowest BCUT2D eigenvalue weighted by Gasteiger charge is -2.26. The molecule has 0 aliphatic rings. The molecule has 0 aromatic heterocycles. The van der Waals surface area contributed by atoms with Crippen LogP contribution < -0.4 is 9.62 Å². The molecule has 5 nitrogen and oxygen atoms in total. The molecular weight excluding hydrogens is 508 g/mol. The molecule has 0 aliphatic carbocycles. The fourth-order valence-electron chi connectivity index (χ4n) is 3.29. The number of nitrogens with zero attached hydrogens (tertiary/aromatic N) is 1. The molecule has 0 saturated carbocycles. The van der Waals surface area contributed by atoms with Crippen LogP contribution in [-0.2, 0) is 21.0 Å². The fourth-order valence-corrected chi connectivity index (χ4v) is 4.93. The van der Waals surface area contributed by atoms with Gasteiger partial charge in [-0.1, -0.05) is 41.4 Å². The van der Waals surface area contributed by atoms with Crippen molar-refractivity contribution in [2.75, 3.05) is 10.8 Å². The Bertz CT molecular complexity index is 1310. The zero-order chi connectivity index (χ0) is 26.0. The summed E-state index contributed by atoms with van der Waals surface area (Å²) >= 11 is 5.69. The second-order valence-corrected chi connectivity index (χ2v) is 10.1. The third-order valence-corrected chi connectivity index (χ3v) is 7.30. The molecule has 0 radical (unpaired) electrons. The average Bonchev–Trinajstić information content (AvgIpc) is 2.78. The number of hydrogen-bond acceptors (Lipinski definition) is 3. The van der Waals surface area contributed by atoms with Gasteiger partial charge in [0.2, 0.25) is 5.91 Å². The molecule has 3 aromatic rings. The van der Waals surface area contributed by atoms with Crippen LogP contribution in [0.5, 0.6) is 0 Å². The zero-order valence-electron chi connectivity index (χ0n) is 18.6. The molecule has 11 heteroatoms. The minimum atomic E-state index is -4.84. The van der Waals surface area contributed by atoms with Crippen molar-refractivity contribution in [3.63, 3.8) is 0 Å². The number of carbonyl (C=O) groups is 1. The monoisotopic (exact) mass is 528 g/mol. The van der Waals surface area contributed by atoms with Crippen LogP contribution in [0.3, 0.4) is 0 Å². The number of alkyl halides is 3. The molecule has 0 unspecified atom stereocenters. The first-order valence-corrected chi connectivity index (χ1v) is 12.1. The van der Waals surface area contributed by atoms with Gasteiger partial charge in [0, 0.05) is 0 Å². The van der Waals surface area contributed by atoms with Gasteiger partial charge in [-0.3, -0.25) is 9.10 Å². The maximum Gasteiger partial charge on any atom is 0.417 e. The average molecular weight is 529 g/mol. The summed E-state index contributed by atoms with van der Waals surface area (Å²) in [5.41, 5.74) is -0.293. The molecule has 35 heavy (non-hydrogen) atoms. The third-order valence-electron chi connectivity index (χ3n) is 5.19. The number of aryl methyl sites for hydroxylation is 1. The molecule has 0 spiro atoms. The molecule has 1 atom stereocenters. The second kappa shape index (κ2) is 10.2. The van der Waals surface area contributed by atoms with Crippen molar-refractivity contribution in [1.82, 2.24) is 5.32 Å². The van der Waals surface area contributed by atoms with Crippen LogP contribution in [0.15, 0.2) is 71.6 Å². The lowest BCUT2D eigenvalue weighted by molar-refractivity contribution is -0.137. The molecule has 1 N–H and O–H groups in total. The van der Waals surface area contributed by atoms with Crippen LogP contribution in [0.1, 0.15) is 29.7 Å². The number of nitrogens with one attached hydrogen (secondary N) is 1. The highest BCUT2D eigenvalue weighted by Crippen LogP contribution is 2.38. The highest BCUT2D eigenvalue weighted by molar-refractivity contribution is 7.92. The first kappa shape index (κ1) is 26.5. The summed E-state index contributed by atoms with van der Waals surface area (Å²) in [5.74, 6) is -1.24. The molecule has 3 aromatic carbocycles. The van der Waals surface area contributed by atoms with Gasteiger partial charge >= 0.3 is 6.18 Å². The van der Waals surface area contributed by atoms with Crippen LogP contribution in [0, 0.1) is 12.7 Å². The number of benzene rings is 3. The summed E-state index contributed by atoms with van der Waals surface area (Å²) in [4.78, 5) is 12.6. The Hall–Kier alpha value is -3.11. The molecule has 186 valence electrons. The number of anilines is 1. The van der Waals surface area contributed by atoms with Gasteiger partial charge < -0.3 is 5.32 Å². The Morgan fingerprint density at radius 3 is 2.20 bits per heavy atom. The van der Waals surface area contributed by atoms with Gasteiger partial charge in [0.1, 0.15) is 12.4 Å². The van der Waals surface area contributed by atoms with Gasteiger partial charge in [-0.25, -0.2) is 12.8 Å². The highest BCUT2D eigenvalue weighted by Gasteiger charge is 2.35. The van der Waals surface area contributed by atoms with Crippen LogP contribution >= 0.6 is 11.6 Å². The van der Waals surface area contributed by atoms with E-state index in [1.807, 2.05) is 0 Å². The van der Waals surface area contributed by atoms with E-state index in [0.717, 1.165) is 17.7 Å². The second-order valence-electron chi connectivity index (χ2n) is 7.83. The first-order chi connectivity index (χ1) is 16.3. The van der Waals surface area contributed by atoms with Crippen LogP contribution in [-0.4, -0.2) is 20.9 Å². The first-order valence-electron chi connectivity index (χ1n) is 10.3. The summed E-state index contributed by atoms with van der Waals surface area (Å²) in [6, 6.07) is 13.0. The Morgan fingerprint density at radius 2 is 1.63 bits per heavy atom. The predicted molar refractivity (Wildman–Crippen MR) is 125 cm³/mol. The molecule has 3 rings (SSSR count). The van der Waals surface area contributed by atoms with Crippen molar-refractivity contribution >= 4 is 33.2 Å². The fraction of sp³-hybridized carbons (Fsp3) is 0.208. The molecule has 0 saturated heterocycles. The number of sulfonamides is 1. The smallest absolute Gasteiger partial charge is 0.348 e. The Morgan fingerprint density at radius 1 is 1.03 bits per heavy atom. The van der Waals surface area contributed by atoms with Crippen molar-refractivity contribution in [2.45, 2.75) is 31.0 Å². The summed E-state index contributed by atoms with van der Waals surface area (Å²) in [5, 5.41) is 1.98. The maximum atomic E-state index is 13.4. The van der Waals surface area contributed by atoms with E-state index in [0.29, 0.717) is 15.9 Å². The topological polar surface area (TPSA) is 66.5 Å². The Labute approximate surface area is 205 Å². The highest BCUT2D eigenvalue weighted by atomic mass is 35.5. The van der Waals surface area contributed by atoms with Crippen LogP contribution in [0.25, 0.3) is 0 Å². The largest absolute Gasteiger partial charge is 0.417 e. The van der Waals surface area contributed by atoms with Crippen molar-refractivity contribution in [3.8, 4) is 0 Å². The summed E-state index contributed by atoms with van der Waals surface area (Å²) in [7, 11) is -4.43. The summed E-state index contributed by atoms with van der Waals surface area (Å²) in [6.45, 7) is 2.54. The van der Waals surface area contributed by atoms with Crippen molar-refractivity contribution in [1.29, 1.82) is 0 Å². The van der Waals surface area contributed by atoms with Gasteiger partial charge in [0.25, 0.3) is 10.0 Å². The van der Waals surface area contributed by atoms with Gasteiger partial charge in [0.05, 0.1) is 27.2 Å². The maximum absolute atomic E-state index is 13.4.